The van der Waals surface area contributed by atoms with E-state index < -0.39 is 0 Å². The van der Waals surface area contributed by atoms with Crippen LogP contribution in [0.25, 0.3) is 15.5 Å². The topological polar surface area (TPSA) is 80.0 Å². The lowest BCUT2D eigenvalue weighted by molar-refractivity contribution is -0.133. The van der Waals surface area contributed by atoms with Crippen molar-refractivity contribution in [3.63, 3.8) is 0 Å². The fourth-order valence-electron chi connectivity index (χ4n) is 4.32. The number of anilines is 1. The zero-order chi connectivity index (χ0) is 24.5. The first-order chi connectivity index (χ1) is 16.9. The highest BCUT2D eigenvalue weighted by atomic mass is 32.1. The van der Waals surface area contributed by atoms with E-state index >= 15 is 0 Å². The van der Waals surface area contributed by atoms with Crippen LogP contribution in [0.5, 0.6) is 5.75 Å². The molecule has 9 heteroatoms. The Hall–Kier alpha value is -3.72. The van der Waals surface area contributed by atoms with Crippen molar-refractivity contribution < 1.29 is 9.53 Å². The van der Waals surface area contributed by atoms with Gasteiger partial charge in [-0.2, -0.15) is 9.61 Å². The molecule has 1 amide bonds. The van der Waals surface area contributed by atoms with E-state index in [9.17, 15) is 9.59 Å². The summed E-state index contributed by atoms with van der Waals surface area (Å²) in [5.41, 5.74) is 4.10. The van der Waals surface area contributed by atoms with E-state index in [0.29, 0.717) is 42.7 Å². The number of nitrogens with zero attached hydrogens (tertiary/aromatic N) is 5. The molecule has 5 rings (SSSR count). The van der Waals surface area contributed by atoms with Crippen LogP contribution in [0, 0.1) is 20.8 Å². The lowest BCUT2D eigenvalue weighted by atomic mass is 10.1. The number of hydrogen-bond acceptors (Lipinski definition) is 7. The molecule has 8 nitrogen and oxygen atoms in total. The number of aryl methyl sites for hydroxylation is 3. The Labute approximate surface area is 207 Å². The highest BCUT2D eigenvalue weighted by Crippen LogP contribution is 2.27. The largest absolute Gasteiger partial charge is 0.484 e. The van der Waals surface area contributed by atoms with Gasteiger partial charge in [-0.05, 0) is 49.6 Å². The maximum absolute atomic E-state index is 12.8. The molecule has 2 aromatic heterocycles. The van der Waals surface area contributed by atoms with Gasteiger partial charge in [-0.15, -0.1) is 0 Å². The standard InChI is InChI=1S/C26H27N5O3S/c1-17-12-18(2)14-20(13-17)34-16-24(33)30-10-8-29(9-11-30)22-15-23(32)31-26(27-22)35-25(28-31)21-7-5-4-6-19(21)3/h4-7,12-15H,8-11,16H2,1-3H3. The van der Waals surface area contributed by atoms with Gasteiger partial charge in [-0.25, -0.2) is 4.98 Å². The zero-order valence-electron chi connectivity index (χ0n) is 20.0. The first kappa shape index (κ1) is 23.0. The Bertz CT molecular complexity index is 1430. The van der Waals surface area contributed by atoms with E-state index in [1.165, 1.54) is 21.9 Å². The van der Waals surface area contributed by atoms with Crippen LogP contribution in [0.3, 0.4) is 0 Å². The Kier molecular flexibility index (Phi) is 6.25. The molecule has 0 atom stereocenters. The van der Waals surface area contributed by atoms with E-state index in [0.717, 1.165) is 27.3 Å². The van der Waals surface area contributed by atoms with Gasteiger partial charge in [0, 0.05) is 37.8 Å². The number of carbonyl (C=O) groups is 1. The molecule has 0 spiro atoms. The number of aromatic nitrogens is 3. The molecular weight excluding hydrogens is 462 g/mol. The SMILES string of the molecule is Cc1cc(C)cc(OCC(=O)N2CCN(c3cc(=O)n4nc(-c5ccccc5C)sc4n3)CC2)c1. The Balaban J connectivity index is 1.25. The van der Waals surface area contributed by atoms with Crippen LogP contribution >= 0.6 is 11.3 Å². The van der Waals surface area contributed by atoms with Crippen molar-refractivity contribution in [2.75, 3.05) is 37.7 Å². The van der Waals surface area contributed by atoms with Gasteiger partial charge in [-0.1, -0.05) is 41.7 Å². The number of hydrogen-bond donors (Lipinski definition) is 0. The second-order valence-corrected chi connectivity index (χ2v) is 9.80. The van der Waals surface area contributed by atoms with Gasteiger partial charge < -0.3 is 14.5 Å². The minimum absolute atomic E-state index is 0.0109. The smallest absolute Gasteiger partial charge is 0.277 e. The minimum atomic E-state index is -0.207. The number of fused-ring (bicyclic) bond motifs is 1. The highest BCUT2D eigenvalue weighted by molar-refractivity contribution is 7.19. The first-order valence-corrected chi connectivity index (χ1v) is 12.4. The molecule has 0 N–H and O–H groups in total. The summed E-state index contributed by atoms with van der Waals surface area (Å²) >= 11 is 1.40. The van der Waals surface area contributed by atoms with Crippen molar-refractivity contribution in [1.29, 1.82) is 0 Å². The summed E-state index contributed by atoms with van der Waals surface area (Å²) in [5.74, 6) is 1.29. The maximum Gasteiger partial charge on any atom is 0.277 e. The van der Waals surface area contributed by atoms with Crippen LogP contribution in [0.4, 0.5) is 5.82 Å². The van der Waals surface area contributed by atoms with Crippen molar-refractivity contribution >= 4 is 28.0 Å². The summed E-state index contributed by atoms with van der Waals surface area (Å²) in [5, 5.41) is 5.26. The second kappa shape index (κ2) is 9.50. The van der Waals surface area contributed by atoms with Crippen LogP contribution in [-0.2, 0) is 4.79 Å². The number of amides is 1. The summed E-state index contributed by atoms with van der Waals surface area (Å²) < 4.78 is 7.10. The molecular formula is C26H27N5O3S. The van der Waals surface area contributed by atoms with Crippen LogP contribution in [0.15, 0.2) is 53.3 Å². The van der Waals surface area contributed by atoms with Crippen molar-refractivity contribution in [3.8, 4) is 16.3 Å². The van der Waals surface area contributed by atoms with Crippen molar-refractivity contribution in [2.45, 2.75) is 20.8 Å². The van der Waals surface area contributed by atoms with Gasteiger partial charge in [0.1, 0.15) is 16.6 Å². The van der Waals surface area contributed by atoms with Gasteiger partial charge >= 0.3 is 0 Å². The quantitative estimate of drug-likeness (QED) is 0.427. The first-order valence-electron chi connectivity index (χ1n) is 11.6. The number of rotatable bonds is 5. The molecule has 0 saturated carbocycles. The third-order valence-corrected chi connectivity index (χ3v) is 7.06. The zero-order valence-corrected chi connectivity index (χ0v) is 20.8. The molecule has 2 aromatic carbocycles. The fourth-order valence-corrected chi connectivity index (χ4v) is 5.31. The van der Waals surface area contributed by atoms with E-state index in [1.54, 1.807) is 4.90 Å². The summed E-state index contributed by atoms with van der Waals surface area (Å²) in [6.45, 7) is 8.35. The molecule has 1 fully saturated rings. The molecule has 0 radical (unpaired) electrons. The molecule has 0 bridgehead atoms. The molecule has 1 aliphatic rings. The average molecular weight is 490 g/mol. The third-order valence-electron chi connectivity index (χ3n) is 6.12. The predicted octanol–water partition coefficient (Wildman–Crippen LogP) is 3.47. The number of carbonyl (C=O) groups excluding carboxylic acids is 1. The fraction of sp³-hybridized carbons (Fsp3) is 0.308. The van der Waals surface area contributed by atoms with Crippen LogP contribution in [-0.4, -0.2) is 58.2 Å². The Morgan fingerprint density at radius 1 is 1.00 bits per heavy atom. The number of ether oxygens (including phenoxy) is 1. The summed E-state index contributed by atoms with van der Waals surface area (Å²) in [4.78, 5) is 34.6. The molecule has 3 heterocycles. The lowest BCUT2D eigenvalue weighted by Crippen LogP contribution is -2.50. The van der Waals surface area contributed by atoms with Crippen molar-refractivity contribution in [3.05, 3.63) is 75.6 Å². The molecule has 35 heavy (non-hydrogen) atoms. The lowest BCUT2D eigenvalue weighted by Gasteiger charge is -2.35. The summed E-state index contributed by atoms with van der Waals surface area (Å²) in [7, 11) is 0. The van der Waals surface area contributed by atoms with Gasteiger partial charge in [0.2, 0.25) is 4.96 Å². The van der Waals surface area contributed by atoms with Crippen LogP contribution < -0.4 is 15.2 Å². The third kappa shape index (κ3) is 4.90. The Morgan fingerprint density at radius 2 is 1.71 bits per heavy atom. The van der Waals surface area contributed by atoms with Gasteiger partial charge in [0.15, 0.2) is 6.61 Å². The number of benzene rings is 2. The van der Waals surface area contributed by atoms with E-state index in [-0.39, 0.29) is 18.1 Å². The molecule has 1 saturated heterocycles. The van der Waals surface area contributed by atoms with Crippen molar-refractivity contribution in [1.82, 2.24) is 19.5 Å². The van der Waals surface area contributed by atoms with E-state index in [4.69, 9.17) is 9.72 Å². The minimum Gasteiger partial charge on any atom is -0.484 e. The number of piperazine rings is 1. The van der Waals surface area contributed by atoms with Gasteiger partial charge in [-0.3, -0.25) is 9.59 Å². The monoisotopic (exact) mass is 489 g/mol. The predicted molar refractivity (Wildman–Crippen MR) is 138 cm³/mol. The van der Waals surface area contributed by atoms with Crippen LogP contribution in [0.1, 0.15) is 16.7 Å². The maximum atomic E-state index is 12.8. The highest BCUT2D eigenvalue weighted by Gasteiger charge is 2.23. The van der Waals surface area contributed by atoms with E-state index in [2.05, 4.69) is 11.2 Å². The molecule has 4 aromatic rings. The molecule has 0 aliphatic carbocycles. The summed E-state index contributed by atoms with van der Waals surface area (Å²) in [6.07, 6.45) is 0. The van der Waals surface area contributed by atoms with Gasteiger partial charge in [0.05, 0.1) is 0 Å². The van der Waals surface area contributed by atoms with Gasteiger partial charge in [0.25, 0.3) is 11.5 Å². The Morgan fingerprint density at radius 3 is 2.43 bits per heavy atom. The molecule has 0 unspecified atom stereocenters. The summed E-state index contributed by atoms with van der Waals surface area (Å²) in [6, 6.07) is 15.4. The van der Waals surface area contributed by atoms with Crippen molar-refractivity contribution in [2.24, 2.45) is 0 Å². The second-order valence-electron chi connectivity index (χ2n) is 8.85. The average Bonchev–Trinajstić information content (AvgIpc) is 3.27. The van der Waals surface area contributed by atoms with Crippen LogP contribution in [0.2, 0.25) is 0 Å². The molecule has 180 valence electrons. The van der Waals surface area contributed by atoms with E-state index in [1.807, 2.05) is 62.1 Å². The molecule has 1 aliphatic heterocycles. The normalized spacial score (nSPS) is 13.9.